The van der Waals surface area contributed by atoms with Gasteiger partial charge in [-0.3, -0.25) is 0 Å². The first-order valence-corrected chi connectivity index (χ1v) is 2.93. The van der Waals surface area contributed by atoms with Crippen LogP contribution >= 0.6 is 0 Å². The van der Waals surface area contributed by atoms with Crippen LogP contribution < -0.4 is 5.73 Å². The van der Waals surface area contributed by atoms with Crippen LogP contribution in [0.25, 0.3) is 5.57 Å². The summed E-state index contributed by atoms with van der Waals surface area (Å²) in [6.07, 6.45) is 3.31. The summed E-state index contributed by atoms with van der Waals surface area (Å²) in [6, 6.07) is 0. The van der Waals surface area contributed by atoms with Crippen molar-refractivity contribution in [1.82, 2.24) is 9.97 Å². The van der Waals surface area contributed by atoms with E-state index in [4.69, 9.17) is 5.73 Å². The average Bonchev–Trinajstić information content (AvgIpc) is 1.88. The summed E-state index contributed by atoms with van der Waals surface area (Å²) in [7, 11) is 0. The van der Waals surface area contributed by atoms with Crippen molar-refractivity contribution in [2.24, 2.45) is 0 Å². The number of nitrogens with zero attached hydrogens (tertiary/aromatic N) is 2. The molecule has 0 radical (unpaired) electrons. The van der Waals surface area contributed by atoms with Crippen molar-refractivity contribution in [3.8, 4) is 0 Å². The van der Waals surface area contributed by atoms with Crippen LogP contribution in [0.1, 0.15) is 12.5 Å². The average molecular weight is 135 g/mol. The molecular formula is C7H9N3. The Hall–Kier alpha value is -1.38. The number of allylic oxidation sites excluding steroid dienone is 1. The largest absolute Gasteiger partial charge is 0.368 e. The molecule has 0 aliphatic rings. The van der Waals surface area contributed by atoms with Gasteiger partial charge in [0.15, 0.2) is 0 Å². The smallest absolute Gasteiger partial charge is 0.219 e. The third-order valence-electron chi connectivity index (χ3n) is 1.16. The Kier molecular flexibility index (Phi) is 1.67. The van der Waals surface area contributed by atoms with Gasteiger partial charge in [-0.15, -0.1) is 0 Å². The van der Waals surface area contributed by atoms with Crippen LogP contribution in [0.15, 0.2) is 19.0 Å². The maximum atomic E-state index is 5.27. The highest BCUT2D eigenvalue weighted by atomic mass is 15.0. The molecule has 0 aromatic carbocycles. The second-order valence-electron chi connectivity index (χ2n) is 2.11. The maximum absolute atomic E-state index is 5.27. The molecule has 0 spiro atoms. The first kappa shape index (κ1) is 6.74. The molecule has 3 nitrogen and oxygen atoms in total. The van der Waals surface area contributed by atoms with Crippen molar-refractivity contribution in [3.63, 3.8) is 0 Å². The summed E-state index contributed by atoms with van der Waals surface area (Å²) in [6.45, 7) is 5.63. The molecule has 3 heteroatoms. The molecule has 2 N–H and O–H groups in total. The molecular weight excluding hydrogens is 126 g/mol. The standard InChI is InChI=1S/C7H9N3/c1-5(2)6-3-9-7(8)10-4-6/h3-4H,1H2,2H3,(H2,8,9,10). The van der Waals surface area contributed by atoms with Crippen molar-refractivity contribution < 1.29 is 0 Å². The van der Waals surface area contributed by atoms with Crippen molar-refractivity contribution in [3.05, 3.63) is 24.5 Å². The predicted octanol–water partition coefficient (Wildman–Crippen LogP) is 1.09. The van der Waals surface area contributed by atoms with Gasteiger partial charge in [0.2, 0.25) is 5.95 Å². The molecule has 0 saturated carbocycles. The molecule has 1 aromatic heterocycles. The van der Waals surface area contributed by atoms with Crippen LogP contribution in [-0.4, -0.2) is 9.97 Å². The van der Waals surface area contributed by atoms with Gasteiger partial charge in [-0.25, -0.2) is 9.97 Å². The Balaban J connectivity index is 3.00. The van der Waals surface area contributed by atoms with Gasteiger partial charge in [-0.2, -0.15) is 0 Å². The molecule has 1 heterocycles. The topological polar surface area (TPSA) is 51.8 Å². The quantitative estimate of drug-likeness (QED) is 0.627. The fourth-order valence-electron chi connectivity index (χ4n) is 0.558. The lowest BCUT2D eigenvalue weighted by Crippen LogP contribution is -1.93. The van der Waals surface area contributed by atoms with Gasteiger partial charge in [0, 0.05) is 18.0 Å². The summed E-state index contributed by atoms with van der Waals surface area (Å²) in [5.41, 5.74) is 7.14. The minimum Gasteiger partial charge on any atom is -0.368 e. The lowest BCUT2D eigenvalue weighted by Gasteiger charge is -1.96. The monoisotopic (exact) mass is 135 g/mol. The minimum atomic E-state index is 0.296. The van der Waals surface area contributed by atoms with Crippen LogP contribution in [0.3, 0.4) is 0 Å². The molecule has 0 atom stereocenters. The summed E-state index contributed by atoms with van der Waals surface area (Å²) in [5.74, 6) is 0.296. The van der Waals surface area contributed by atoms with Crippen LogP contribution in [0.4, 0.5) is 5.95 Å². The first-order chi connectivity index (χ1) is 4.70. The van der Waals surface area contributed by atoms with Gasteiger partial charge < -0.3 is 5.73 Å². The molecule has 0 amide bonds. The molecule has 52 valence electrons. The molecule has 1 aromatic rings. The zero-order valence-corrected chi connectivity index (χ0v) is 5.83. The van der Waals surface area contributed by atoms with Gasteiger partial charge >= 0.3 is 0 Å². The van der Waals surface area contributed by atoms with E-state index in [1.54, 1.807) is 12.4 Å². The molecule has 0 aliphatic heterocycles. The second-order valence-corrected chi connectivity index (χ2v) is 2.11. The highest BCUT2D eigenvalue weighted by molar-refractivity contribution is 5.59. The minimum absolute atomic E-state index is 0.296. The van der Waals surface area contributed by atoms with Gasteiger partial charge in [0.25, 0.3) is 0 Å². The van der Waals surface area contributed by atoms with Crippen LogP contribution in [0, 0.1) is 0 Å². The van der Waals surface area contributed by atoms with E-state index in [-0.39, 0.29) is 0 Å². The predicted molar refractivity (Wildman–Crippen MR) is 41.2 cm³/mol. The molecule has 0 bridgehead atoms. The van der Waals surface area contributed by atoms with Crippen LogP contribution in [-0.2, 0) is 0 Å². The molecule has 0 unspecified atom stereocenters. The lowest BCUT2D eigenvalue weighted by molar-refractivity contribution is 1.17. The normalized spacial score (nSPS) is 9.30. The van der Waals surface area contributed by atoms with Gasteiger partial charge in [-0.05, 0) is 12.5 Å². The van der Waals surface area contributed by atoms with E-state index in [1.807, 2.05) is 6.92 Å². The summed E-state index contributed by atoms with van der Waals surface area (Å²) in [4.78, 5) is 7.61. The van der Waals surface area contributed by atoms with Gasteiger partial charge in [0.1, 0.15) is 0 Å². The van der Waals surface area contributed by atoms with E-state index in [2.05, 4.69) is 16.5 Å². The van der Waals surface area contributed by atoms with Crippen LogP contribution in [0.5, 0.6) is 0 Å². The fraction of sp³-hybridized carbons (Fsp3) is 0.143. The molecule has 10 heavy (non-hydrogen) atoms. The number of aromatic nitrogens is 2. The zero-order valence-electron chi connectivity index (χ0n) is 5.83. The molecule has 1 rings (SSSR count). The summed E-state index contributed by atoms with van der Waals surface area (Å²) in [5, 5.41) is 0. The van der Waals surface area contributed by atoms with Crippen molar-refractivity contribution in [2.75, 3.05) is 5.73 Å². The van der Waals surface area contributed by atoms with E-state index >= 15 is 0 Å². The van der Waals surface area contributed by atoms with Crippen molar-refractivity contribution in [2.45, 2.75) is 6.92 Å². The van der Waals surface area contributed by atoms with Crippen LogP contribution in [0.2, 0.25) is 0 Å². The third-order valence-corrected chi connectivity index (χ3v) is 1.16. The lowest BCUT2D eigenvalue weighted by atomic mass is 10.2. The first-order valence-electron chi connectivity index (χ1n) is 2.93. The Morgan fingerprint density at radius 3 is 2.40 bits per heavy atom. The number of nitrogens with two attached hydrogens (primary N) is 1. The third kappa shape index (κ3) is 1.31. The van der Waals surface area contributed by atoms with E-state index in [1.165, 1.54) is 0 Å². The summed E-state index contributed by atoms with van der Waals surface area (Å²) >= 11 is 0. The molecule has 0 fully saturated rings. The number of hydrogen-bond acceptors (Lipinski definition) is 3. The van der Waals surface area contributed by atoms with Gasteiger partial charge in [-0.1, -0.05) is 6.58 Å². The van der Waals surface area contributed by atoms with Crippen molar-refractivity contribution >= 4 is 11.5 Å². The number of anilines is 1. The van der Waals surface area contributed by atoms with E-state index < -0.39 is 0 Å². The SMILES string of the molecule is C=C(C)c1cnc(N)nc1. The molecule has 0 aliphatic carbocycles. The summed E-state index contributed by atoms with van der Waals surface area (Å²) < 4.78 is 0. The van der Waals surface area contributed by atoms with E-state index in [0.29, 0.717) is 5.95 Å². The fourth-order valence-corrected chi connectivity index (χ4v) is 0.558. The number of nitrogen functional groups attached to an aromatic ring is 1. The zero-order chi connectivity index (χ0) is 7.56. The Labute approximate surface area is 59.6 Å². The van der Waals surface area contributed by atoms with E-state index in [0.717, 1.165) is 11.1 Å². The Morgan fingerprint density at radius 1 is 1.50 bits per heavy atom. The van der Waals surface area contributed by atoms with Gasteiger partial charge in [0.05, 0.1) is 0 Å². The Morgan fingerprint density at radius 2 is 2.00 bits per heavy atom. The maximum Gasteiger partial charge on any atom is 0.219 e. The second kappa shape index (κ2) is 2.47. The highest BCUT2D eigenvalue weighted by Crippen LogP contribution is 2.07. The highest BCUT2D eigenvalue weighted by Gasteiger charge is 1.92. The Bertz CT molecular complexity index is 238. The number of hydrogen-bond donors (Lipinski definition) is 1. The van der Waals surface area contributed by atoms with E-state index in [9.17, 15) is 0 Å². The molecule has 0 saturated heterocycles. The number of rotatable bonds is 1. The van der Waals surface area contributed by atoms with Crippen molar-refractivity contribution in [1.29, 1.82) is 0 Å².